The van der Waals surface area contributed by atoms with Crippen LogP contribution in [0.1, 0.15) is 23.1 Å². The van der Waals surface area contributed by atoms with Crippen LogP contribution in [0.2, 0.25) is 0 Å². The van der Waals surface area contributed by atoms with Gasteiger partial charge in [0.2, 0.25) is 5.91 Å². The minimum atomic E-state index is -0.134. The number of thiazole rings is 1. The molecule has 4 rings (SSSR count). The van der Waals surface area contributed by atoms with E-state index in [-0.39, 0.29) is 11.9 Å². The average molecular weight is 380 g/mol. The Morgan fingerprint density at radius 2 is 2.00 bits per heavy atom. The number of carbonyl (C=O) groups excluding carboxylic acids is 2. The van der Waals surface area contributed by atoms with Crippen molar-refractivity contribution >= 4 is 39.2 Å². The molecule has 1 aliphatic rings. The van der Waals surface area contributed by atoms with Gasteiger partial charge in [-0.25, -0.2) is 9.78 Å². The fourth-order valence-corrected chi connectivity index (χ4v) is 4.37. The summed E-state index contributed by atoms with van der Waals surface area (Å²) in [6.45, 7) is 3.10. The molecule has 6 nitrogen and oxygen atoms in total. The number of hydrogen-bond acceptors (Lipinski definition) is 4. The van der Waals surface area contributed by atoms with Crippen molar-refractivity contribution in [3.8, 4) is 0 Å². The van der Waals surface area contributed by atoms with Crippen LogP contribution in [-0.2, 0) is 24.3 Å². The van der Waals surface area contributed by atoms with Gasteiger partial charge in [-0.05, 0) is 16.3 Å². The Hall–Kier alpha value is -2.93. The first-order valence-electron chi connectivity index (χ1n) is 8.86. The summed E-state index contributed by atoms with van der Waals surface area (Å²) in [5.74, 6) is -0.134. The Labute approximate surface area is 161 Å². The number of carbonyl (C=O) groups is 2. The third kappa shape index (κ3) is 3.78. The van der Waals surface area contributed by atoms with E-state index in [1.54, 1.807) is 4.90 Å². The van der Waals surface area contributed by atoms with Crippen LogP contribution in [0, 0.1) is 0 Å². The number of fused-ring (bicyclic) bond motifs is 2. The third-order valence-corrected chi connectivity index (χ3v) is 5.61. The van der Waals surface area contributed by atoms with Gasteiger partial charge in [-0.1, -0.05) is 53.8 Å². The second-order valence-electron chi connectivity index (χ2n) is 6.54. The van der Waals surface area contributed by atoms with Crippen molar-refractivity contribution in [2.45, 2.75) is 26.4 Å². The molecule has 0 spiro atoms. The molecular weight excluding hydrogens is 360 g/mol. The fourth-order valence-electron chi connectivity index (χ4n) is 3.30. The molecule has 0 aliphatic carbocycles. The Morgan fingerprint density at radius 3 is 2.85 bits per heavy atom. The molecule has 0 saturated carbocycles. The van der Waals surface area contributed by atoms with Gasteiger partial charge in [0.05, 0.1) is 12.2 Å². The molecule has 3 aromatic rings. The maximum absolute atomic E-state index is 12.6. The molecule has 2 heterocycles. The molecule has 0 fully saturated rings. The van der Waals surface area contributed by atoms with Gasteiger partial charge in [-0.2, -0.15) is 0 Å². The quantitative estimate of drug-likeness (QED) is 0.730. The van der Waals surface area contributed by atoms with E-state index in [2.05, 4.69) is 33.8 Å². The highest BCUT2D eigenvalue weighted by Crippen LogP contribution is 2.28. The highest BCUT2D eigenvalue weighted by atomic mass is 32.1. The van der Waals surface area contributed by atoms with Gasteiger partial charge in [0.25, 0.3) is 0 Å². The van der Waals surface area contributed by atoms with Crippen LogP contribution in [0.15, 0.2) is 42.5 Å². The lowest BCUT2D eigenvalue weighted by atomic mass is 10.0. The van der Waals surface area contributed by atoms with Gasteiger partial charge in [0.1, 0.15) is 0 Å². The number of nitrogens with one attached hydrogen (secondary N) is 2. The summed E-state index contributed by atoms with van der Waals surface area (Å²) in [5.41, 5.74) is 2.08. The van der Waals surface area contributed by atoms with Crippen LogP contribution in [-0.4, -0.2) is 28.4 Å². The summed E-state index contributed by atoms with van der Waals surface area (Å²) in [6.07, 6.45) is 0.701. The largest absolute Gasteiger partial charge is 0.334 e. The molecule has 2 aromatic carbocycles. The van der Waals surface area contributed by atoms with Gasteiger partial charge in [-0.3, -0.25) is 4.79 Å². The Bertz CT molecular complexity index is 1010. The highest BCUT2D eigenvalue weighted by Gasteiger charge is 2.24. The standard InChI is InChI=1S/C20H20N4O2S/c1-13(25)22-19-23-17-9-10-24(12-18(17)27-19)20(26)21-11-15-7-4-6-14-5-2-3-8-16(14)15/h2-8H,9-12H2,1H3,(H,21,26)(H,22,23,25). The number of benzene rings is 2. The topological polar surface area (TPSA) is 74.3 Å². The van der Waals surface area contributed by atoms with Crippen molar-refractivity contribution in [3.63, 3.8) is 0 Å². The molecular formula is C20H20N4O2S. The normalized spacial score (nSPS) is 13.3. The van der Waals surface area contributed by atoms with Crippen LogP contribution < -0.4 is 10.6 Å². The summed E-state index contributed by atoms with van der Waals surface area (Å²) >= 11 is 1.44. The van der Waals surface area contributed by atoms with Gasteiger partial charge >= 0.3 is 6.03 Å². The molecule has 3 amide bonds. The molecule has 0 radical (unpaired) electrons. The molecule has 27 heavy (non-hydrogen) atoms. The maximum atomic E-state index is 12.6. The Morgan fingerprint density at radius 1 is 1.19 bits per heavy atom. The zero-order valence-electron chi connectivity index (χ0n) is 15.0. The average Bonchev–Trinajstić information content (AvgIpc) is 3.06. The van der Waals surface area contributed by atoms with Gasteiger partial charge < -0.3 is 15.5 Å². The summed E-state index contributed by atoms with van der Waals surface area (Å²) in [4.78, 5) is 31.1. The summed E-state index contributed by atoms with van der Waals surface area (Å²) in [5, 5.41) is 8.68. The first-order chi connectivity index (χ1) is 13.1. The smallest absolute Gasteiger partial charge is 0.318 e. The molecule has 0 unspecified atom stereocenters. The second kappa shape index (κ2) is 7.36. The monoisotopic (exact) mass is 380 g/mol. The van der Waals surface area contributed by atoms with E-state index < -0.39 is 0 Å². The van der Waals surface area contributed by atoms with Crippen LogP contribution >= 0.6 is 11.3 Å². The number of hydrogen-bond donors (Lipinski definition) is 2. The molecule has 1 aromatic heterocycles. The summed E-state index contributed by atoms with van der Waals surface area (Å²) < 4.78 is 0. The van der Waals surface area contributed by atoms with Crippen molar-refractivity contribution in [2.75, 3.05) is 11.9 Å². The molecule has 0 atom stereocenters. The Kier molecular flexibility index (Phi) is 4.77. The van der Waals surface area contributed by atoms with E-state index in [0.717, 1.165) is 21.5 Å². The predicted octanol–water partition coefficient (Wildman–Crippen LogP) is 3.52. The first kappa shape index (κ1) is 17.5. The van der Waals surface area contributed by atoms with E-state index >= 15 is 0 Å². The molecule has 7 heteroatoms. The predicted molar refractivity (Wildman–Crippen MR) is 107 cm³/mol. The lowest BCUT2D eigenvalue weighted by Gasteiger charge is -2.26. The first-order valence-corrected chi connectivity index (χ1v) is 9.67. The third-order valence-electron chi connectivity index (χ3n) is 4.61. The SMILES string of the molecule is CC(=O)Nc1nc2c(s1)CN(C(=O)NCc1cccc3ccccc13)CC2. The number of nitrogens with zero attached hydrogens (tertiary/aromatic N) is 2. The number of aromatic nitrogens is 1. The zero-order chi connectivity index (χ0) is 18.8. The van der Waals surface area contributed by atoms with Gasteiger partial charge in [0, 0.05) is 31.3 Å². The van der Waals surface area contributed by atoms with Crippen molar-refractivity contribution < 1.29 is 9.59 Å². The lowest BCUT2D eigenvalue weighted by Crippen LogP contribution is -2.42. The van der Waals surface area contributed by atoms with E-state index in [1.165, 1.54) is 23.6 Å². The molecule has 2 N–H and O–H groups in total. The minimum absolute atomic E-state index is 0.0805. The van der Waals surface area contributed by atoms with E-state index in [0.29, 0.717) is 31.2 Å². The fraction of sp³-hybridized carbons (Fsp3) is 0.250. The van der Waals surface area contributed by atoms with Crippen LogP contribution in [0.5, 0.6) is 0 Å². The van der Waals surface area contributed by atoms with E-state index in [4.69, 9.17) is 0 Å². The zero-order valence-corrected chi connectivity index (χ0v) is 15.8. The van der Waals surface area contributed by atoms with Crippen molar-refractivity contribution in [1.29, 1.82) is 0 Å². The molecule has 0 saturated heterocycles. The number of anilines is 1. The second-order valence-corrected chi connectivity index (χ2v) is 7.62. The molecule has 0 bridgehead atoms. The van der Waals surface area contributed by atoms with Crippen LogP contribution in [0.25, 0.3) is 10.8 Å². The minimum Gasteiger partial charge on any atom is -0.334 e. The molecule has 1 aliphatic heterocycles. The van der Waals surface area contributed by atoms with Gasteiger partial charge in [0.15, 0.2) is 5.13 Å². The van der Waals surface area contributed by atoms with E-state index in [9.17, 15) is 9.59 Å². The highest BCUT2D eigenvalue weighted by molar-refractivity contribution is 7.15. The van der Waals surface area contributed by atoms with Crippen molar-refractivity contribution in [3.05, 3.63) is 58.6 Å². The van der Waals surface area contributed by atoms with Crippen LogP contribution in [0.3, 0.4) is 0 Å². The van der Waals surface area contributed by atoms with Crippen molar-refractivity contribution in [1.82, 2.24) is 15.2 Å². The number of urea groups is 1. The van der Waals surface area contributed by atoms with Gasteiger partial charge in [-0.15, -0.1) is 0 Å². The summed E-state index contributed by atoms with van der Waals surface area (Å²) in [7, 11) is 0. The lowest BCUT2D eigenvalue weighted by molar-refractivity contribution is -0.114. The maximum Gasteiger partial charge on any atom is 0.318 e. The molecule has 138 valence electrons. The summed E-state index contributed by atoms with van der Waals surface area (Å²) in [6, 6.07) is 14.2. The van der Waals surface area contributed by atoms with E-state index in [1.807, 2.05) is 24.3 Å². The van der Waals surface area contributed by atoms with Crippen molar-refractivity contribution in [2.24, 2.45) is 0 Å². The number of amides is 3. The van der Waals surface area contributed by atoms with Crippen LogP contribution in [0.4, 0.5) is 9.93 Å². The Balaban J connectivity index is 1.42. The number of rotatable bonds is 3.